The van der Waals surface area contributed by atoms with Crippen molar-refractivity contribution >= 4 is 33.8 Å². The maximum atomic E-state index is 12.9. The van der Waals surface area contributed by atoms with Gasteiger partial charge in [0.15, 0.2) is 5.13 Å². The molecule has 1 unspecified atom stereocenters. The number of pyridine rings is 1. The molecule has 1 amide bonds. The van der Waals surface area contributed by atoms with Crippen molar-refractivity contribution in [2.45, 2.75) is 19.4 Å². The molecule has 2 aromatic heterocycles. The van der Waals surface area contributed by atoms with Crippen molar-refractivity contribution in [2.75, 3.05) is 10.2 Å². The Bertz CT molecular complexity index is 877. The number of fused-ring (bicyclic) bond motifs is 1. The van der Waals surface area contributed by atoms with Crippen LogP contribution in [0.1, 0.15) is 23.0 Å². The van der Waals surface area contributed by atoms with Gasteiger partial charge in [0.2, 0.25) is 0 Å². The summed E-state index contributed by atoms with van der Waals surface area (Å²) < 4.78 is 0. The van der Waals surface area contributed by atoms with Gasteiger partial charge in [0, 0.05) is 23.3 Å². The number of anilines is 3. The number of carbonyl (C=O) groups is 1. The van der Waals surface area contributed by atoms with Crippen molar-refractivity contribution in [3.8, 4) is 0 Å². The molecule has 5 nitrogen and oxygen atoms in total. The van der Waals surface area contributed by atoms with Crippen LogP contribution in [0.15, 0.2) is 54.2 Å². The third kappa shape index (κ3) is 2.65. The van der Waals surface area contributed by atoms with Gasteiger partial charge in [0.1, 0.15) is 5.69 Å². The molecule has 1 atom stereocenters. The topological polar surface area (TPSA) is 58.1 Å². The third-order valence-corrected chi connectivity index (χ3v) is 4.82. The summed E-state index contributed by atoms with van der Waals surface area (Å²) in [6.07, 6.45) is 4.32. The van der Waals surface area contributed by atoms with Gasteiger partial charge in [-0.15, -0.1) is 11.3 Å². The third-order valence-electron chi connectivity index (χ3n) is 4.06. The maximum Gasteiger partial charge on any atom is 0.278 e. The summed E-state index contributed by atoms with van der Waals surface area (Å²) in [5, 5.41) is 5.66. The lowest BCUT2D eigenvalue weighted by Crippen LogP contribution is -2.35. The molecule has 1 aliphatic heterocycles. The zero-order valence-corrected chi connectivity index (χ0v) is 14.0. The van der Waals surface area contributed by atoms with E-state index in [9.17, 15) is 4.79 Å². The minimum atomic E-state index is -0.0528. The van der Waals surface area contributed by atoms with Crippen LogP contribution in [0.4, 0.5) is 16.5 Å². The molecule has 3 heterocycles. The molecule has 0 spiro atoms. The first-order chi connectivity index (χ1) is 11.7. The number of benzene rings is 1. The molecule has 0 radical (unpaired) electrons. The second kappa shape index (κ2) is 6.05. The van der Waals surface area contributed by atoms with E-state index in [4.69, 9.17) is 0 Å². The van der Waals surface area contributed by atoms with Crippen LogP contribution >= 0.6 is 11.3 Å². The average molecular weight is 336 g/mol. The van der Waals surface area contributed by atoms with E-state index in [1.807, 2.05) is 35.2 Å². The first kappa shape index (κ1) is 14.8. The van der Waals surface area contributed by atoms with E-state index in [2.05, 4.69) is 28.3 Å². The number of nitrogens with zero attached hydrogens (tertiary/aromatic N) is 3. The molecule has 120 valence electrons. The highest BCUT2D eigenvalue weighted by Gasteiger charge is 2.32. The van der Waals surface area contributed by atoms with E-state index < -0.39 is 0 Å². The fourth-order valence-corrected chi connectivity index (χ4v) is 3.69. The lowest BCUT2D eigenvalue weighted by Gasteiger charge is -2.21. The number of aromatic nitrogens is 2. The van der Waals surface area contributed by atoms with Crippen molar-refractivity contribution in [3.05, 3.63) is 65.4 Å². The van der Waals surface area contributed by atoms with E-state index in [0.29, 0.717) is 10.8 Å². The fraction of sp³-hybridized carbons (Fsp3) is 0.167. The first-order valence-corrected chi connectivity index (χ1v) is 8.64. The van der Waals surface area contributed by atoms with Gasteiger partial charge in [0.05, 0.1) is 11.9 Å². The minimum absolute atomic E-state index is 0.0528. The molecule has 1 N–H and O–H groups in total. The molecule has 6 heteroatoms. The molecular formula is C18H16N4OS. The Morgan fingerprint density at radius 3 is 3.00 bits per heavy atom. The Kier molecular flexibility index (Phi) is 3.74. The van der Waals surface area contributed by atoms with E-state index in [-0.39, 0.29) is 11.9 Å². The van der Waals surface area contributed by atoms with Gasteiger partial charge >= 0.3 is 0 Å². The second-order valence-electron chi connectivity index (χ2n) is 5.76. The van der Waals surface area contributed by atoms with Crippen LogP contribution in [0.5, 0.6) is 0 Å². The Hall–Kier alpha value is -2.73. The summed E-state index contributed by atoms with van der Waals surface area (Å²) >= 11 is 1.42. The van der Waals surface area contributed by atoms with Gasteiger partial charge in [-0.2, -0.15) is 0 Å². The predicted octanol–water partition coefficient (Wildman–Crippen LogP) is 3.87. The molecule has 1 aromatic carbocycles. The number of amides is 1. The van der Waals surface area contributed by atoms with E-state index in [1.165, 1.54) is 16.9 Å². The van der Waals surface area contributed by atoms with Crippen molar-refractivity contribution in [1.29, 1.82) is 0 Å². The maximum absolute atomic E-state index is 12.9. The number of para-hydroxylation sites is 1. The Morgan fingerprint density at radius 1 is 1.29 bits per heavy atom. The van der Waals surface area contributed by atoms with Crippen LogP contribution in [-0.4, -0.2) is 21.9 Å². The molecule has 0 saturated heterocycles. The summed E-state index contributed by atoms with van der Waals surface area (Å²) in [5.74, 6) is -0.0528. The highest BCUT2D eigenvalue weighted by Crippen LogP contribution is 2.33. The molecule has 4 rings (SSSR count). The Balaban J connectivity index is 1.58. The number of rotatable bonds is 3. The highest BCUT2D eigenvalue weighted by molar-refractivity contribution is 7.14. The lowest BCUT2D eigenvalue weighted by molar-refractivity contribution is 0.0977. The molecule has 1 aliphatic rings. The fourth-order valence-electron chi connectivity index (χ4n) is 2.99. The Labute approximate surface area is 144 Å². The van der Waals surface area contributed by atoms with Gasteiger partial charge < -0.3 is 10.2 Å². The number of hydrogen-bond donors (Lipinski definition) is 1. The number of carbonyl (C=O) groups excluding carboxylic acids is 1. The Morgan fingerprint density at radius 2 is 2.17 bits per heavy atom. The summed E-state index contributed by atoms with van der Waals surface area (Å²) in [7, 11) is 0. The number of hydrogen-bond acceptors (Lipinski definition) is 5. The zero-order chi connectivity index (χ0) is 16.5. The van der Waals surface area contributed by atoms with Gasteiger partial charge in [-0.05, 0) is 37.1 Å². The molecule has 0 aliphatic carbocycles. The van der Waals surface area contributed by atoms with Crippen LogP contribution in [0.2, 0.25) is 0 Å². The predicted molar refractivity (Wildman–Crippen MR) is 96.1 cm³/mol. The monoisotopic (exact) mass is 336 g/mol. The molecule has 0 bridgehead atoms. The summed E-state index contributed by atoms with van der Waals surface area (Å²) in [4.78, 5) is 23.3. The van der Waals surface area contributed by atoms with Crippen LogP contribution < -0.4 is 10.2 Å². The molecular weight excluding hydrogens is 320 g/mol. The smallest absolute Gasteiger partial charge is 0.278 e. The van der Waals surface area contributed by atoms with Gasteiger partial charge in [-0.3, -0.25) is 9.78 Å². The second-order valence-corrected chi connectivity index (χ2v) is 6.62. The van der Waals surface area contributed by atoms with Crippen molar-refractivity contribution < 1.29 is 4.79 Å². The largest absolute Gasteiger partial charge is 0.330 e. The van der Waals surface area contributed by atoms with Crippen molar-refractivity contribution in [1.82, 2.24) is 9.97 Å². The van der Waals surface area contributed by atoms with Crippen LogP contribution in [0.25, 0.3) is 0 Å². The average Bonchev–Trinajstić information content (AvgIpc) is 3.19. The van der Waals surface area contributed by atoms with Gasteiger partial charge in [0.25, 0.3) is 5.91 Å². The molecule has 0 saturated carbocycles. The zero-order valence-electron chi connectivity index (χ0n) is 13.1. The number of thiazole rings is 1. The molecule has 3 aromatic rings. The summed E-state index contributed by atoms with van der Waals surface area (Å²) in [6, 6.07) is 12.0. The van der Waals surface area contributed by atoms with Crippen molar-refractivity contribution in [2.24, 2.45) is 0 Å². The highest BCUT2D eigenvalue weighted by atomic mass is 32.1. The standard InChI is InChI=1S/C18H16N4OS/c1-12-9-13-5-2-3-7-16(13)22(12)17(23)15-11-24-18(21-15)20-14-6-4-8-19-10-14/h2-8,10-12H,9H2,1H3,(H,20,21). The van der Waals surface area contributed by atoms with Crippen molar-refractivity contribution in [3.63, 3.8) is 0 Å². The normalized spacial score (nSPS) is 16.0. The molecule has 0 fully saturated rings. The van der Waals surface area contributed by atoms with Gasteiger partial charge in [-0.1, -0.05) is 18.2 Å². The molecule has 24 heavy (non-hydrogen) atoms. The SMILES string of the molecule is CC1Cc2ccccc2N1C(=O)c1csc(Nc2cccnc2)n1. The van der Waals surface area contributed by atoms with Gasteiger partial charge in [-0.25, -0.2) is 4.98 Å². The summed E-state index contributed by atoms with van der Waals surface area (Å²) in [6.45, 7) is 2.07. The van der Waals surface area contributed by atoms with E-state index in [0.717, 1.165) is 17.8 Å². The quantitative estimate of drug-likeness (QED) is 0.789. The summed E-state index contributed by atoms with van der Waals surface area (Å²) in [5.41, 5.74) is 3.52. The van der Waals surface area contributed by atoms with Crippen LogP contribution in [-0.2, 0) is 6.42 Å². The first-order valence-electron chi connectivity index (χ1n) is 7.76. The van der Waals surface area contributed by atoms with Crippen LogP contribution in [0, 0.1) is 0 Å². The van der Waals surface area contributed by atoms with E-state index in [1.54, 1.807) is 17.8 Å². The van der Waals surface area contributed by atoms with Crippen LogP contribution in [0.3, 0.4) is 0 Å². The van der Waals surface area contributed by atoms with E-state index >= 15 is 0 Å². The lowest BCUT2D eigenvalue weighted by atomic mass is 10.1. The number of nitrogens with one attached hydrogen (secondary N) is 1. The minimum Gasteiger partial charge on any atom is -0.330 e.